The van der Waals surface area contributed by atoms with Crippen LogP contribution >= 0.6 is 23.2 Å². The highest BCUT2D eigenvalue weighted by Gasteiger charge is 2.42. The molecule has 18 heavy (non-hydrogen) atoms. The molecule has 1 fully saturated rings. The van der Waals surface area contributed by atoms with Gasteiger partial charge in [0.1, 0.15) is 6.73 Å². The molecule has 1 aliphatic rings. The highest BCUT2D eigenvalue weighted by molar-refractivity contribution is 7.89. The van der Waals surface area contributed by atoms with Gasteiger partial charge in [-0.2, -0.15) is 4.31 Å². The van der Waals surface area contributed by atoms with Crippen LogP contribution in [0.5, 0.6) is 0 Å². The topological polar surface area (TPSA) is 46.6 Å². The van der Waals surface area contributed by atoms with E-state index in [0.29, 0.717) is 11.6 Å². The summed E-state index contributed by atoms with van der Waals surface area (Å²) in [6.07, 6.45) is 0. The maximum atomic E-state index is 12.5. The van der Waals surface area contributed by atoms with E-state index in [2.05, 4.69) is 0 Å². The Kier molecular flexibility index (Phi) is 3.64. The van der Waals surface area contributed by atoms with Gasteiger partial charge in [-0.25, -0.2) is 8.42 Å². The molecule has 0 aromatic heterocycles. The summed E-state index contributed by atoms with van der Waals surface area (Å²) >= 11 is 11.6. The predicted molar refractivity (Wildman–Crippen MR) is 70.4 cm³/mol. The van der Waals surface area contributed by atoms with E-state index in [4.69, 9.17) is 27.9 Å². The maximum Gasteiger partial charge on any atom is 0.245 e. The van der Waals surface area contributed by atoms with Crippen LogP contribution in [0.25, 0.3) is 0 Å². The van der Waals surface area contributed by atoms with Crippen LogP contribution in [0, 0.1) is 0 Å². The average molecular weight is 310 g/mol. The number of hydrogen-bond donors (Lipinski definition) is 0. The third kappa shape index (κ3) is 2.38. The molecule has 7 heteroatoms. The third-order valence-corrected chi connectivity index (χ3v) is 5.59. The van der Waals surface area contributed by atoms with E-state index < -0.39 is 15.6 Å². The van der Waals surface area contributed by atoms with Crippen molar-refractivity contribution in [3.8, 4) is 0 Å². The van der Waals surface area contributed by atoms with Crippen LogP contribution < -0.4 is 0 Å². The van der Waals surface area contributed by atoms with Crippen LogP contribution in [0.3, 0.4) is 0 Å². The van der Waals surface area contributed by atoms with Gasteiger partial charge in [0, 0.05) is 0 Å². The van der Waals surface area contributed by atoms with Crippen LogP contribution in [0.4, 0.5) is 0 Å². The van der Waals surface area contributed by atoms with Gasteiger partial charge in [0.15, 0.2) is 0 Å². The van der Waals surface area contributed by atoms with Crippen molar-refractivity contribution in [3.63, 3.8) is 0 Å². The molecule has 1 aromatic rings. The fourth-order valence-electron chi connectivity index (χ4n) is 1.78. The minimum atomic E-state index is -3.62. The first-order valence-corrected chi connectivity index (χ1v) is 7.50. The first-order chi connectivity index (χ1) is 8.25. The summed E-state index contributed by atoms with van der Waals surface area (Å²) in [5, 5.41) is 0.545. The molecule has 1 saturated heterocycles. The van der Waals surface area contributed by atoms with Crippen LogP contribution in [0.1, 0.15) is 13.8 Å². The lowest BCUT2D eigenvalue weighted by Crippen LogP contribution is -2.44. The normalized spacial score (nSPS) is 20.2. The zero-order valence-corrected chi connectivity index (χ0v) is 12.3. The van der Waals surface area contributed by atoms with E-state index in [9.17, 15) is 8.42 Å². The van der Waals surface area contributed by atoms with Gasteiger partial charge in [-0.1, -0.05) is 23.2 Å². The lowest BCUT2D eigenvalue weighted by atomic mass is 10.1. The Morgan fingerprint density at radius 2 is 1.94 bits per heavy atom. The summed E-state index contributed by atoms with van der Waals surface area (Å²) in [7, 11) is -3.62. The Balaban J connectivity index is 2.45. The Bertz CT molecular complexity index is 572. The van der Waals surface area contributed by atoms with E-state index in [1.54, 1.807) is 0 Å². The van der Waals surface area contributed by atoms with Crippen molar-refractivity contribution < 1.29 is 13.2 Å². The number of hydrogen-bond acceptors (Lipinski definition) is 3. The molecular weight excluding hydrogens is 297 g/mol. The van der Waals surface area contributed by atoms with Crippen LogP contribution in [-0.4, -0.2) is 31.6 Å². The van der Waals surface area contributed by atoms with Crippen LogP contribution in [0.15, 0.2) is 23.1 Å². The van der Waals surface area contributed by atoms with E-state index in [-0.39, 0.29) is 16.6 Å². The van der Waals surface area contributed by atoms with Gasteiger partial charge in [-0.3, -0.25) is 0 Å². The molecule has 4 nitrogen and oxygen atoms in total. The van der Waals surface area contributed by atoms with Gasteiger partial charge in [0.05, 0.1) is 27.1 Å². The molecule has 2 rings (SSSR count). The summed E-state index contributed by atoms with van der Waals surface area (Å²) in [5.41, 5.74) is -0.565. The highest BCUT2D eigenvalue weighted by atomic mass is 35.5. The molecular formula is C11H13Cl2NO3S. The Labute approximate surface area is 116 Å². The van der Waals surface area contributed by atoms with Gasteiger partial charge in [-0.15, -0.1) is 0 Å². The van der Waals surface area contributed by atoms with Crippen molar-refractivity contribution in [2.45, 2.75) is 24.3 Å². The second-order valence-electron chi connectivity index (χ2n) is 4.72. The fourth-order valence-corrected chi connectivity index (χ4v) is 3.83. The molecule has 0 amide bonds. The number of benzene rings is 1. The Morgan fingerprint density at radius 1 is 1.28 bits per heavy atom. The molecule has 100 valence electrons. The number of nitrogens with zero attached hydrogens (tertiary/aromatic N) is 1. The van der Waals surface area contributed by atoms with Crippen molar-refractivity contribution >= 4 is 33.2 Å². The van der Waals surface area contributed by atoms with Crippen molar-refractivity contribution in [1.82, 2.24) is 4.31 Å². The molecule has 1 aromatic carbocycles. The van der Waals surface area contributed by atoms with Crippen molar-refractivity contribution in [2.75, 3.05) is 13.3 Å². The number of ether oxygens (including phenoxy) is 1. The Hall–Kier alpha value is -0.330. The summed E-state index contributed by atoms with van der Waals surface area (Å²) in [6, 6.07) is 4.27. The molecule has 0 bridgehead atoms. The smallest absolute Gasteiger partial charge is 0.245 e. The molecule has 0 spiro atoms. The predicted octanol–water partition coefficient (Wildman–Crippen LogP) is 2.75. The standard InChI is InChI=1S/C11H13Cl2NO3S/c1-11(2)6-17-7-14(11)18(15,16)8-3-4-9(12)10(13)5-8/h3-5H,6-7H2,1-2H3. The molecule has 0 saturated carbocycles. The lowest BCUT2D eigenvalue weighted by Gasteiger charge is -2.28. The van der Waals surface area contributed by atoms with E-state index in [1.165, 1.54) is 22.5 Å². The second-order valence-corrected chi connectivity index (χ2v) is 7.40. The monoisotopic (exact) mass is 309 g/mol. The maximum absolute atomic E-state index is 12.5. The molecule has 1 aliphatic heterocycles. The van der Waals surface area contributed by atoms with Gasteiger partial charge in [0.25, 0.3) is 0 Å². The first-order valence-electron chi connectivity index (χ1n) is 5.31. The minimum Gasteiger partial charge on any atom is -0.363 e. The van der Waals surface area contributed by atoms with Gasteiger partial charge in [-0.05, 0) is 32.0 Å². The molecule has 0 radical (unpaired) electrons. The molecule has 1 heterocycles. The van der Waals surface area contributed by atoms with Crippen LogP contribution in [-0.2, 0) is 14.8 Å². The largest absolute Gasteiger partial charge is 0.363 e. The second kappa shape index (κ2) is 4.65. The number of halogens is 2. The third-order valence-electron chi connectivity index (χ3n) is 2.82. The van der Waals surface area contributed by atoms with Crippen molar-refractivity contribution in [3.05, 3.63) is 28.2 Å². The first kappa shape index (κ1) is 14.1. The van der Waals surface area contributed by atoms with Crippen molar-refractivity contribution in [2.24, 2.45) is 0 Å². The quantitative estimate of drug-likeness (QED) is 0.844. The van der Waals surface area contributed by atoms with Crippen LogP contribution in [0.2, 0.25) is 10.0 Å². The van der Waals surface area contributed by atoms with E-state index in [0.717, 1.165) is 0 Å². The van der Waals surface area contributed by atoms with Gasteiger partial charge >= 0.3 is 0 Å². The van der Waals surface area contributed by atoms with E-state index >= 15 is 0 Å². The summed E-state index contributed by atoms with van der Waals surface area (Å²) in [4.78, 5) is 0.121. The average Bonchev–Trinajstić information content (AvgIpc) is 2.62. The zero-order chi connectivity index (χ0) is 13.6. The minimum absolute atomic E-state index is 0.0512. The summed E-state index contributed by atoms with van der Waals surface area (Å²) < 4.78 is 31.5. The molecule has 0 atom stereocenters. The molecule has 0 aliphatic carbocycles. The van der Waals surface area contributed by atoms with Gasteiger partial charge < -0.3 is 4.74 Å². The Morgan fingerprint density at radius 3 is 2.44 bits per heavy atom. The van der Waals surface area contributed by atoms with E-state index in [1.807, 2.05) is 13.8 Å². The highest BCUT2D eigenvalue weighted by Crippen LogP contribution is 2.32. The lowest BCUT2D eigenvalue weighted by molar-refractivity contribution is 0.171. The van der Waals surface area contributed by atoms with Crippen molar-refractivity contribution in [1.29, 1.82) is 0 Å². The SMILES string of the molecule is CC1(C)COCN1S(=O)(=O)c1ccc(Cl)c(Cl)c1. The fraction of sp³-hybridized carbons (Fsp3) is 0.455. The number of rotatable bonds is 2. The van der Waals surface area contributed by atoms with Gasteiger partial charge in [0.2, 0.25) is 10.0 Å². The summed E-state index contributed by atoms with van der Waals surface area (Å²) in [6.45, 7) is 4.05. The molecule has 0 unspecified atom stereocenters. The zero-order valence-electron chi connectivity index (χ0n) is 9.98. The number of sulfonamides is 1. The summed E-state index contributed by atoms with van der Waals surface area (Å²) in [5.74, 6) is 0. The molecule has 0 N–H and O–H groups in total.